The first-order valence-corrected chi connectivity index (χ1v) is 6.39. The fourth-order valence-corrected chi connectivity index (χ4v) is 2.01. The maximum Gasteiger partial charge on any atom is 0.136 e. The number of Topliss-reactive ketones (excluding diaryl/α,β-unsaturated/α-hetero) is 1. The number of ketones is 1. The Kier molecular flexibility index (Phi) is 4.50. The van der Waals surface area contributed by atoms with Gasteiger partial charge in [-0.2, -0.15) is 0 Å². The Hall–Kier alpha value is -1.11. The Morgan fingerprint density at radius 2 is 1.65 bits per heavy atom. The van der Waals surface area contributed by atoms with E-state index >= 15 is 0 Å². The number of carbonyl (C=O) groups is 1. The molecule has 0 aliphatic rings. The van der Waals surface area contributed by atoms with Crippen molar-refractivity contribution in [1.29, 1.82) is 0 Å². The van der Waals surface area contributed by atoms with Crippen molar-refractivity contribution in [2.24, 2.45) is 11.3 Å². The third-order valence-electron chi connectivity index (χ3n) is 3.29. The standard InChI is InChI=1S/C16H24O/c1-12(14-9-7-6-8-10-14)13(2)15(17)11-16(3,4)5/h6-10,12-13H,11H2,1-5H3. The van der Waals surface area contributed by atoms with Crippen molar-refractivity contribution in [3.05, 3.63) is 35.9 Å². The third-order valence-corrected chi connectivity index (χ3v) is 3.29. The van der Waals surface area contributed by atoms with Crippen LogP contribution in [0.3, 0.4) is 0 Å². The lowest BCUT2D eigenvalue weighted by Gasteiger charge is -2.24. The highest BCUT2D eigenvalue weighted by Gasteiger charge is 2.25. The molecule has 0 radical (unpaired) electrons. The Labute approximate surface area is 105 Å². The molecular weight excluding hydrogens is 208 g/mol. The Morgan fingerprint density at radius 3 is 2.12 bits per heavy atom. The predicted molar refractivity (Wildman–Crippen MR) is 73.1 cm³/mol. The summed E-state index contributed by atoms with van der Waals surface area (Å²) in [4.78, 5) is 12.2. The first kappa shape index (κ1) is 14.0. The third kappa shape index (κ3) is 4.33. The van der Waals surface area contributed by atoms with Gasteiger partial charge in [0.1, 0.15) is 5.78 Å². The van der Waals surface area contributed by atoms with Crippen molar-refractivity contribution in [3.63, 3.8) is 0 Å². The summed E-state index contributed by atoms with van der Waals surface area (Å²) in [5.74, 6) is 0.761. The van der Waals surface area contributed by atoms with Crippen LogP contribution in [0, 0.1) is 11.3 Å². The van der Waals surface area contributed by atoms with E-state index in [1.807, 2.05) is 25.1 Å². The zero-order valence-corrected chi connectivity index (χ0v) is 11.7. The van der Waals surface area contributed by atoms with E-state index < -0.39 is 0 Å². The summed E-state index contributed by atoms with van der Waals surface area (Å²) in [7, 11) is 0. The van der Waals surface area contributed by atoms with Crippen LogP contribution in [0.4, 0.5) is 0 Å². The van der Waals surface area contributed by atoms with Gasteiger partial charge in [-0.25, -0.2) is 0 Å². The molecule has 0 bridgehead atoms. The van der Waals surface area contributed by atoms with E-state index in [-0.39, 0.29) is 11.3 Å². The molecule has 0 spiro atoms. The number of hydrogen-bond acceptors (Lipinski definition) is 1. The van der Waals surface area contributed by atoms with Gasteiger partial charge in [0.15, 0.2) is 0 Å². The molecule has 0 heterocycles. The molecular formula is C16H24O. The molecule has 0 saturated carbocycles. The molecule has 1 nitrogen and oxygen atoms in total. The Bertz CT molecular complexity index is 359. The number of carbonyl (C=O) groups excluding carboxylic acids is 1. The molecule has 1 rings (SSSR count). The lowest BCUT2D eigenvalue weighted by molar-refractivity contribution is -0.124. The number of hydrogen-bond donors (Lipinski definition) is 0. The predicted octanol–water partition coefficient (Wildman–Crippen LogP) is 4.43. The van der Waals surface area contributed by atoms with E-state index in [0.29, 0.717) is 18.1 Å². The van der Waals surface area contributed by atoms with Crippen LogP contribution >= 0.6 is 0 Å². The van der Waals surface area contributed by atoms with Crippen LogP contribution < -0.4 is 0 Å². The molecule has 0 aliphatic carbocycles. The van der Waals surface area contributed by atoms with E-state index in [1.54, 1.807) is 0 Å². The van der Waals surface area contributed by atoms with Gasteiger partial charge in [0, 0.05) is 12.3 Å². The van der Waals surface area contributed by atoms with E-state index in [9.17, 15) is 4.79 Å². The van der Waals surface area contributed by atoms with Gasteiger partial charge in [0.25, 0.3) is 0 Å². The van der Waals surface area contributed by atoms with Gasteiger partial charge in [-0.1, -0.05) is 65.0 Å². The summed E-state index contributed by atoms with van der Waals surface area (Å²) in [6.07, 6.45) is 0.658. The molecule has 0 aliphatic heterocycles. The fraction of sp³-hybridized carbons (Fsp3) is 0.562. The topological polar surface area (TPSA) is 17.1 Å². The van der Waals surface area contributed by atoms with Crippen molar-refractivity contribution < 1.29 is 4.79 Å². The molecule has 0 aromatic heterocycles. The quantitative estimate of drug-likeness (QED) is 0.750. The van der Waals surface area contributed by atoms with Gasteiger partial charge < -0.3 is 0 Å². The molecule has 1 aromatic carbocycles. The zero-order chi connectivity index (χ0) is 13.1. The van der Waals surface area contributed by atoms with Crippen LogP contribution in [0.5, 0.6) is 0 Å². The molecule has 0 fully saturated rings. The van der Waals surface area contributed by atoms with Crippen LogP contribution in [0.2, 0.25) is 0 Å². The van der Waals surface area contributed by atoms with Crippen molar-refractivity contribution in [3.8, 4) is 0 Å². The summed E-state index contributed by atoms with van der Waals surface area (Å²) in [6, 6.07) is 10.3. The van der Waals surface area contributed by atoms with Crippen LogP contribution in [-0.2, 0) is 4.79 Å². The molecule has 0 amide bonds. The maximum absolute atomic E-state index is 12.2. The second-order valence-corrected chi connectivity index (χ2v) is 6.19. The highest BCUT2D eigenvalue weighted by molar-refractivity contribution is 5.82. The van der Waals surface area contributed by atoms with Gasteiger partial charge in [0.05, 0.1) is 0 Å². The minimum Gasteiger partial charge on any atom is -0.299 e. The van der Waals surface area contributed by atoms with E-state index in [1.165, 1.54) is 5.56 Å². The van der Waals surface area contributed by atoms with Crippen LogP contribution in [0.25, 0.3) is 0 Å². The van der Waals surface area contributed by atoms with Crippen LogP contribution in [0.15, 0.2) is 30.3 Å². The highest BCUT2D eigenvalue weighted by atomic mass is 16.1. The normalized spacial score (nSPS) is 15.4. The van der Waals surface area contributed by atoms with Crippen molar-refractivity contribution >= 4 is 5.78 Å². The Morgan fingerprint density at radius 1 is 1.12 bits per heavy atom. The zero-order valence-electron chi connectivity index (χ0n) is 11.7. The smallest absolute Gasteiger partial charge is 0.136 e. The minimum atomic E-state index is 0.0851. The molecule has 1 heteroatoms. The van der Waals surface area contributed by atoms with Gasteiger partial charge in [0.2, 0.25) is 0 Å². The summed E-state index contributed by atoms with van der Waals surface area (Å²) in [5, 5.41) is 0. The lowest BCUT2D eigenvalue weighted by Crippen LogP contribution is -2.22. The molecule has 17 heavy (non-hydrogen) atoms. The fourth-order valence-electron chi connectivity index (χ4n) is 2.01. The summed E-state index contributed by atoms with van der Waals surface area (Å²) >= 11 is 0. The monoisotopic (exact) mass is 232 g/mol. The van der Waals surface area contributed by atoms with Crippen LogP contribution in [0.1, 0.15) is 52.5 Å². The maximum atomic E-state index is 12.2. The number of benzene rings is 1. The summed E-state index contributed by atoms with van der Waals surface area (Å²) in [6.45, 7) is 10.5. The summed E-state index contributed by atoms with van der Waals surface area (Å²) < 4.78 is 0. The first-order chi connectivity index (χ1) is 7.81. The van der Waals surface area contributed by atoms with Gasteiger partial charge in [-0.15, -0.1) is 0 Å². The van der Waals surface area contributed by atoms with Crippen LogP contribution in [-0.4, -0.2) is 5.78 Å². The molecule has 2 atom stereocenters. The average molecular weight is 232 g/mol. The van der Waals surface area contributed by atoms with Gasteiger partial charge in [-0.05, 0) is 16.9 Å². The molecule has 94 valence electrons. The highest BCUT2D eigenvalue weighted by Crippen LogP contribution is 2.29. The Balaban J connectivity index is 2.70. The molecule has 0 saturated heterocycles. The largest absolute Gasteiger partial charge is 0.299 e. The lowest BCUT2D eigenvalue weighted by atomic mass is 9.80. The number of rotatable bonds is 4. The van der Waals surface area contributed by atoms with Gasteiger partial charge in [-0.3, -0.25) is 4.79 Å². The van der Waals surface area contributed by atoms with Crippen molar-refractivity contribution in [2.75, 3.05) is 0 Å². The second kappa shape index (κ2) is 5.48. The molecule has 2 unspecified atom stereocenters. The second-order valence-electron chi connectivity index (χ2n) is 6.19. The van der Waals surface area contributed by atoms with E-state index in [2.05, 4.69) is 39.8 Å². The van der Waals surface area contributed by atoms with Crippen molar-refractivity contribution in [1.82, 2.24) is 0 Å². The van der Waals surface area contributed by atoms with E-state index in [4.69, 9.17) is 0 Å². The molecule has 0 N–H and O–H groups in total. The van der Waals surface area contributed by atoms with E-state index in [0.717, 1.165) is 0 Å². The molecule has 1 aromatic rings. The SMILES string of the molecule is CC(C(=O)CC(C)(C)C)C(C)c1ccccc1. The average Bonchev–Trinajstić information content (AvgIpc) is 2.26. The minimum absolute atomic E-state index is 0.0851. The summed E-state index contributed by atoms with van der Waals surface area (Å²) in [5.41, 5.74) is 1.34. The van der Waals surface area contributed by atoms with Crippen molar-refractivity contribution in [2.45, 2.75) is 47.0 Å². The first-order valence-electron chi connectivity index (χ1n) is 6.39. The van der Waals surface area contributed by atoms with Gasteiger partial charge >= 0.3 is 0 Å².